The standard InChI is InChI=1S/C20H27N3O5/c1-20(2,3)28-19(27)23-11-13-9-14(24)7-6-12(13)10-16(23)18(26)22-8-4-5-15(22)17(21)25/h6-7,9,15-16,24H,4-5,8,10-11H2,1-3H3,(H2,21,25)/t15-,16-/m0/s1. The summed E-state index contributed by atoms with van der Waals surface area (Å²) >= 11 is 0. The summed E-state index contributed by atoms with van der Waals surface area (Å²) in [5.74, 6) is -0.734. The fourth-order valence-corrected chi connectivity index (χ4v) is 3.82. The third kappa shape index (κ3) is 4.05. The second-order valence-electron chi connectivity index (χ2n) is 8.37. The molecule has 3 N–H and O–H groups in total. The minimum atomic E-state index is -0.785. The number of primary amides is 1. The van der Waals surface area contributed by atoms with E-state index in [-0.39, 0.29) is 24.6 Å². The number of nitrogens with two attached hydrogens (primary N) is 1. The average molecular weight is 389 g/mol. The molecular formula is C20H27N3O5. The van der Waals surface area contributed by atoms with Gasteiger partial charge in [-0.25, -0.2) is 4.79 Å². The number of phenols is 1. The van der Waals surface area contributed by atoms with E-state index in [1.54, 1.807) is 39.0 Å². The van der Waals surface area contributed by atoms with Crippen molar-refractivity contribution in [3.05, 3.63) is 29.3 Å². The van der Waals surface area contributed by atoms with Gasteiger partial charge in [-0.3, -0.25) is 14.5 Å². The molecule has 152 valence electrons. The number of aromatic hydroxyl groups is 1. The maximum absolute atomic E-state index is 13.3. The van der Waals surface area contributed by atoms with Crippen LogP contribution in [-0.2, 0) is 27.3 Å². The Kier molecular flexibility index (Phi) is 5.23. The number of rotatable bonds is 2. The van der Waals surface area contributed by atoms with Gasteiger partial charge in [0.15, 0.2) is 0 Å². The number of carbonyl (C=O) groups excluding carboxylic acids is 3. The van der Waals surface area contributed by atoms with Gasteiger partial charge in [-0.2, -0.15) is 0 Å². The van der Waals surface area contributed by atoms with Crippen LogP contribution in [0.5, 0.6) is 5.75 Å². The molecule has 28 heavy (non-hydrogen) atoms. The first kappa shape index (κ1) is 20.0. The van der Waals surface area contributed by atoms with Crippen LogP contribution in [0.1, 0.15) is 44.7 Å². The van der Waals surface area contributed by atoms with Crippen molar-refractivity contribution in [1.29, 1.82) is 0 Å². The van der Waals surface area contributed by atoms with E-state index in [2.05, 4.69) is 0 Å². The molecule has 2 aliphatic rings. The van der Waals surface area contributed by atoms with Crippen LogP contribution < -0.4 is 5.73 Å². The van der Waals surface area contributed by atoms with E-state index in [1.807, 2.05) is 0 Å². The lowest BCUT2D eigenvalue weighted by Crippen LogP contribution is -2.56. The molecule has 8 nitrogen and oxygen atoms in total. The highest BCUT2D eigenvalue weighted by molar-refractivity contribution is 5.91. The van der Waals surface area contributed by atoms with Gasteiger partial charge in [0.1, 0.15) is 23.4 Å². The monoisotopic (exact) mass is 389 g/mol. The first-order chi connectivity index (χ1) is 13.1. The molecule has 2 heterocycles. The highest BCUT2D eigenvalue weighted by Gasteiger charge is 2.42. The lowest BCUT2D eigenvalue weighted by Gasteiger charge is -2.39. The van der Waals surface area contributed by atoms with Gasteiger partial charge in [-0.1, -0.05) is 6.07 Å². The van der Waals surface area contributed by atoms with Gasteiger partial charge in [0.2, 0.25) is 11.8 Å². The fourth-order valence-electron chi connectivity index (χ4n) is 3.82. The molecule has 0 aromatic heterocycles. The Hall–Kier alpha value is -2.77. The summed E-state index contributed by atoms with van der Waals surface area (Å²) in [6.07, 6.45) is 0.915. The molecular weight excluding hydrogens is 362 g/mol. The molecule has 1 aromatic rings. The van der Waals surface area contributed by atoms with Gasteiger partial charge < -0.3 is 20.5 Å². The second-order valence-corrected chi connectivity index (χ2v) is 8.37. The minimum Gasteiger partial charge on any atom is -0.508 e. The van der Waals surface area contributed by atoms with Crippen molar-refractivity contribution in [3.63, 3.8) is 0 Å². The van der Waals surface area contributed by atoms with Crippen molar-refractivity contribution in [1.82, 2.24) is 9.80 Å². The van der Waals surface area contributed by atoms with Gasteiger partial charge >= 0.3 is 6.09 Å². The SMILES string of the molecule is CC(C)(C)OC(=O)N1Cc2cc(O)ccc2C[C@H]1C(=O)N1CCC[C@H]1C(N)=O. The van der Waals surface area contributed by atoms with E-state index in [9.17, 15) is 19.5 Å². The van der Waals surface area contributed by atoms with Crippen LogP contribution in [-0.4, -0.2) is 57.0 Å². The van der Waals surface area contributed by atoms with Crippen molar-refractivity contribution in [2.45, 2.75) is 64.3 Å². The Labute approximate surface area is 164 Å². The zero-order valence-electron chi connectivity index (χ0n) is 16.5. The fraction of sp³-hybridized carbons (Fsp3) is 0.550. The first-order valence-electron chi connectivity index (χ1n) is 9.47. The van der Waals surface area contributed by atoms with E-state index in [4.69, 9.17) is 10.5 Å². The highest BCUT2D eigenvalue weighted by atomic mass is 16.6. The average Bonchev–Trinajstić information content (AvgIpc) is 3.08. The Bertz CT molecular complexity index is 802. The molecule has 0 saturated carbocycles. The van der Waals surface area contributed by atoms with E-state index >= 15 is 0 Å². The number of phenolic OH excluding ortho intramolecular Hbond substituents is 1. The zero-order valence-corrected chi connectivity index (χ0v) is 16.5. The molecule has 0 bridgehead atoms. The number of hydrogen-bond donors (Lipinski definition) is 2. The molecule has 0 aliphatic carbocycles. The van der Waals surface area contributed by atoms with Crippen LogP contribution in [0, 0.1) is 0 Å². The Morgan fingerprint density at radius 2 is 1.86 bits per heavy atom. The molecule has 3 amide bonds. The largest absolute Gasteiger partial charge is 0.508 e. The summed E-state index contributed by atoms with van der Waals surface area (Å²) in [5.41, 5.74) is 6.39. The Morgan fingerprint density at radius 1 is 1.14 bits per heavy atom. The topological polar surface area (TPSA) is 113 Å². The number of nitrogens with zero attached hydrogens (tertiary/aromatic N) is 2. The van der Waals surface area contributed by atoms with Gasteiger partial charge in [-0.15, -0.1) is 0 Å². The number of ether oxygens (including phenoxy) is 1. The van der Waals surface area contributed by atoms with Crippen LogP contribution in [0.2, 0.25) is 0 Å². The predicted molar refractivity (Wildman–Crippen MR) is 101 cm³/mol. The summed E-state index contributed by atoms with van der Waals surface area (Å²) in [4.78, 5) is 40.7. The number of hydrogen-bond acceptors (Lipinski definition) is 5. The lowest BCUT2D eigenvalue weighted by molar-refractivity contribution is -0.142. The molecule has 2 atom stereocenters. The summed E-state index contributed by atoms with van der Waals surface area (Å²) < 4.78 is 5.50. The number of amides is 3. The zero-order chi connectivity index (χ0) is 20.6. The summed E-state index contributed by atoms with van der Waals surface area (Å²) in [5, 5.41) is 9.78. The molecule has 0 unspecified atom stereocenters. The molecule has 8 heteroatoms. The van der Waals surface area contributed by atoms with Crippen LogP contribution >= 0.6 is 0 Å². The van der Waals surface area contributed by atoms with E-state index in [0.717, 1.165) is 11.1 Å². The van der Waals surface area contributed by atoms with Crippen LogP contribution in [0.25, 0.3) is 0 Å². The van der Waals surface area contributed by atoms with Crippen molar-refractivity contribution in [2.24, 2.45) is 5.73 Å². The normalized spacial score (nSPS) is 22.0. The number of benzene rings is 1. The Balaban J connectivity index is 1.92. The lowest BCUT2D eigenvalue weighted by atomic mass is 9.93. The van der Waals surface area contributed by atoms with Gasteiger partial charge in [0, 0.05) is 13.0 Å². The number of fused-ring (bicyclic) bond motifs is 1. The van der Waals surface area contributed by atoms with E-state index < -0.39 is 29.7 Å². The van der Waals surface area contributed by atoms with Crippen molar-refractivity contribution < 1.29 is 24.2 Å². The summed E-state index contributed by atoms with van der Waals surface area (Å²) in [6, 6.07) is 3.48. The van der Waals surface area contributed by atoms with Crippen LogP contribution in [0.15, 0.2) is 18.2 Å². The van der Waals surface area contributed by atoms with Crippen molar-refractivity contribution in [3.8, 4) is 5.75 Å². The number of likely N-dealkylation sites (tertiary alicyclic amines) is 1. The summed E-state index contributed by atoms with van der Waals surface area (Å²) in [6.45, 7) is 5.86. The van der Waals surface area contributed by atoms with Gasteiger partial charge in [0.05, 0.1) is 6.54 Å². The highest BCUT2D eigenvalue weighted by Crippen LogP contribution is 2.30. The maximum Gasteiger partial charge on any atom is 0.411 e. The van der Waals surface area contributed by atoms with Crippen molar-refractivity contribution in [2.75, 3.05) is 6.54 Å². The first-order valence-corrected chi connectivity index (χ1v) is 9.47. The molecule has 0 radical (unpaired) electrons. The quantitative estimate of drug-likeness (QED) is 0.796. The minimum absolute atomic E-state index is 0.0981. The maximum atomic E-state index is 13.3. The van der Waals surface area contributed by atoms with E-state index in [0.29, 0.717) is 19.4 Å². The van der Waals surface area contributed by atoms with Crippen molar-refractivity contribution >= 4 is 17.9 Å². The summed E-state index contributed by atoms with van der Waals surface area (Å²) in [7, 11) is 0. The second kappa shape index (κ2) is 7.33. The molecule has 1 aromatic carbocycles. The molecule has 0 spiro atoms. The van der Waals surface area contributed by atoms with Crippen LogP contribution in [0.3, 0.4) is 0 Å². The molecule has 1 fully saturated rings. The number of carbonyl (C=O) groups is 3. The predicted octanol–water partition coefficient (Wildman–Crippen LogP) is 1.53. The van der Waals surface area contributed by atoms with Gasteiger partial charge in [-0.05, 0) is 56.9 Å². The van der Waals surface area contributed by atoms with E-state index in [1.165, 1.54) is 9.80 Å². The third-order valence-electron chi connectivity index (χ3n) is 5.10. The third-order valence-corrected chi connectivity index (χ3v) is 5.10. The van der Waals surface area contributed by atoms with Crippen LogP contribution in [0.4, 0.5) is 4.79 Å². The molecule has 3 rings (SSSR count). The smallest absolute Gasteiger partial charge is 0.411 e. The molecule has 1 saturated heterocycles. The molecule has 2 aliphatic heterocycles. The van der Waals surface area contributed by atoms with Gasteiger partial charge in [0.25, 0.3) is 0 Å². The Morgan fingerprint density at radius 3 is 2.50 bits per heavy atom.